The van der Waals surface area contributed by atoms with Gasteiger partial charge in [-0.25, -0.2) is 0 Å². The van der Waals surface area contributed by atoms with Gasteiger partial charge in [-0.1, -0.05) is 26.8 Å². The molecular weight excluding hydrogens is 268 g/mol. The van der Waals surface area contributed by atoms with Crippen LogP contribution < -0.4 is 10.6 Å². The smallest absolute Gasteiger partial charge is 0.243 e. The number of nitrogens with one attached hydrogen (secondary N) is 2. The number of rotatable bonds is 4. The molecule has 0 heterocycles. The molecule has 1 aliphatic rings. The average Bonchev–Trinajstić information content (AvgIpc) is 3.21. The number of hydrogen-bond donors (Lipinski definition) is 3. The Bertz CT molecular complexity index is 557. The van der Waals surface area contributed by atoms with Crippen LogP contribution in [-0.2, 0) is 15.0 Å². The van der Waals surface area contributed by atoms with Gasteiger partial charge in [-0.05, 0) is 36.0 Å². The molecule has 2 amide bonds. The predicted molar refractivity (Wildman–Crippen MR) is 81.2 cm³/mol. The summed E-state index contributed by atoms with van der Waals surface area (Å²) in [5, 5.41) is 15.1. The Labute approximate surface area is 124 Å². The summed E-state index contributed by atoms with van der Waals surface area (Å²) in [5.41, 5.74) is 1.30. The quantitative estimate of drug-likeness (QED) is 0.743. The van der Waals surface area contributed by atoms with Gasteiger partial charge in [0.15, 0.2) is 0 Å². The molecule has 0 radical (unpaired) electrons. The van der Waals surface area contributed by atoms with Crippen molar-refractivity contribution >= 4 is 17.5 Å². The monoisotopic (exact) mass is 290 g/mol. The van der Waals surface area contributed by atoms with Crippen molar-refractivity contribution in [1.29, 1.82) is 0 Å². The van der Waals surface area contributed by atoms with E-state index in [-0.39, 0.29) is 35.4 Å². The van der Waals surface area contributed by atoms with Gasteiger partial charge in [-0.15, -0.1) is 0 Å². The molecule has 0 aromatic heterocycles. The first kappa shape index (κ1) is 15.4. The lowest BCUT2D eigenvalue weighted by Crippen LogP contribution is -2.33. The summed E-state index contributed by atoms with van der Waals surface area (Å²) in [6, 6.07) is 5.16. The largest absolute Gasteiger partial charge is 0.506 e. The summed E-state index contributed by atoms with van der Waals surface area (Å²) < 4.78 is 0. The molecule has 2 rings (SSSR count). The van der Waals surface area contributed by atoms with Crippen molar-refractivity contribution in [2.24, 2.45) is 5.92 Å². The highest BCUT2D eigenvalue weighted by molar-refractivity contribution is 5.96. The minimum Gasteiger partial charge on any atom is -0.506 e. The molecule has 0 spiro atoms. The Morgan fingerprint density at radius 1 is 1.29 bits per heavy atom. The minimum atomic E-state index is -0.342. The van der Waals surface area contributed by atoms with Crippen LogP contribution in [0.4, 0.5) is 5.69 Å². The lowest BCUT2D eigenvalue weighted by Gasteiger charge is -2.20. The molecule has 0 saturated heterocycles. The first-order valence-corrected chi connectivity index (χ1v) is 7.18. The van der Waals surface area contributed by atoms with Gasteiger partial charge in [0.25, 0.3) is 0 Å². The van der Waals surface area contributed by atoms with E-state index in [1.807, 2.05) is 6.07 Å². The molecule has 5 heteroatoms. The van der Waals surface area contributed by atoms with Crippen LogP contribution in [0.25, 0.3) is 0 Å². The Kier molecular flexibility index (Phi) is 4.21. The second kappa shape index (κ2) is 5.76. The van der Waals surface area contributed by atoms with E-state index in [1.165, 1.54) is 0 Å². The van der Waals surface area contributed by atoms with Crippen LogP contribution in [0, 0.1) is 5.92 Å². The number of anilines is 1. The maximum Gasteiger partial charge on any atom is 0.243 e. The number of benzene rings is 1. The molecule has 0 atom stereocenters. The summed E-state index contributed by atoms with van der Waals surface area (Å²) in [4.78, 5) is 23.3. The Morgan fingerprint density at radius 2 is 1.95 bits per heavy atom. The highest BCUT2D eigenvalue weighted by Gasteiger charge is 2.29. The summed E-state index contributed by atoms with van der Waals surface area (Å²) in [5.74, 6) is -0.316. The van der Waals surface area contributed by atoms with Crippen LogP contribution in [0.15, 0.2) is 18.2 Å². The van der Waals surface area contributed by atoms with Gasteiger partial charge in [0.05, 0.1) is 12.2 Å². The van der Waals surface area contributed by atoms with E-state index < -0.39 is 0 Å². The van der Waals surface area contributed by atoms with Gasteiger partial charge in [-0.3, -0.25) is 9.59 Å². The summed E-state index contributed by atoms with van der Waals surface area (Å²) >= 11 is 0. The third-order valence-electron chi connectivity index (χ3n) is 3.51. The second-order valence-electron chi connectivity index (χ2n) is 6.52. The van der Waals surface area contributed by atoms with E-state index in [2.05, 4.69) is 31.4 Å². The van der Waals surface area contributed by atoms with Crippen LogP contribution in [0.1, 0.15) is 39.2 Å². The number of phenolic OH excluding ortho intramolecular Hbond substituents is 1. The van der Waals surface area contributed by atoms with Crippen LogP contribution in [0.5, 0.6) is 5.75 Å². The van der Waals surface area contributed by atoms with E-state index in [0.717, 1.165) is 18.4 Å². The van der Waals surface area contributed by atoms with Crippen molar-refractivity contribution in [3.63, 3.8) is 0 Å². The number of aromatic hydroxyl groups is 1. The number of phenols is 1. The Morgan fingerprint density at radius 3 is 2.52 bits per heavy atom. The molecule has 114 valence electrons. The summed E-state index contributed by atoms with van der Waals surface area (Å²) in [6.45, 7) is 6.09. The van der Waals surface area contributed by atoms with Crippen molar-refractivity contribution in [2.75, 3.05) is 11.9 Å². The van der Waals surface area contributed by atoms with E-state index in [0.29, 0.717) is 5.69 Å². The molecule has 21 heavy (non-hydrogen) atoms. The third kappa shape index (κ3) is 4.21. The van der Waals surface area contributed by atoms with E-state index in [1.54, 1.807) is 12.1 Å². The van der Waals surface area contributed by atoms with Gasteiger partial charge in [0, 0.05) is 5.92 Å². The molecule has 0 unspecified atom stereocenters. The average molecular weight is 290 g/mol. The fraction of sp³-hybridized carbons (Fsp3) is 0.500. The SMILES string of the molecule is CC(C)(C)c1ccc(O)c(NC(=O)CNC(=O)C2CC2)c1. The van der Waals surface area contributed by atoms with Crippen LogP contribution in [0.3, 0.4) is 0 Å². The maximum atomic E-state index is 11.8. The zero-order valence-corrected chi connectivity index (χ0v) is 12.7. The Balaban J connectivity index is 1.97. The highest BCUT2D eigenvalue weighted by atomic mass is 16.3. The van der Waals surface area contributed by atoms with Crippen molar-refractivity contribution in [3.05, 3.63) is 23.8 Å². The number of carbonyl (C=O) groups excluding carboxylic acids is 2. The highest BCUT2D eigenvalue weighted by Crippen LogP contribution is 2.31. The second-order valence-corrected chi connectivity index (χ2v) is 6.52. The Hall–Kier alpha value is -2.04. The zero-order chi connectivity index (χ0) is 15.6. The zero-order valence-electron chi connectivity index (χ0n) is 12.7. The standard InChI is InChI=1S/C16H22N2O3/c1-16(2,3)11-6-7-13(19)12(8-11)18-14(20)9-17-15(21)10-4-5-10/h6-8,10,19H,4-5,9H2,1-3H3,(H,17,21)(H,18,20). The number of amides is 2. The van der Waals surface area contributed by atoms with Crippen molar-refractivity contribution in [2.45, 2.75) is 39.0 Å². The molecular formula is C16H22N2O3. The lowest BCUT2D eigenvalue weighted by molar-refractivity contribution is -0.125. The number of carbonyl (C=O) groups is 2. The van der Waals surface area contributed by atoms with Crippen LogP contribution >= 0.6 is 0 Å². The molecule has 1 aliphatic carbocycles. The van der Waals surface area contributed by atoms with E-state index in [9.17, 15) is 14.7 Å². The van der Waals surface area contributed by atoms with Crippen molar-refractivity contribution in [3.8, 4) is 5.75 Å². The fourth-order valence-electron chi connectivity index (χ4n) is 1.95. The van der Waals surface area contributed by atoms with Gasteiger partial charge in [0.1, 0.15) is 5.75 Å². The van der Waals surface area contributed by atoms with Gasteiger partial charge in [-0.2, -0.15) is 0 Å². The third-order valence-corrected chi connectivity index (χ3v) is 3.51. The molecule has 3 N–H and O–H groups in total. The molecule has 0 aliphatic heterocycles. The first-order chi connectivity index (χ1) is 9.77. The predicted octanol–water partition coefficient (Wildman–Crippen LogP) is 2.15. The van der Waals surface area contributed by atoms with Crippen molar-refractivity contribution in [1.82, 2.24) is 5.32 Å². The van der Waals surface area contributed by atoms with Gasteiger partial charge in [0.2, 0.25) is 11.8 Å². The molecule has 0 bridgehead atoms. The van der Waals surface area contributed by atoms with Crippen molar-refractivity contribution < 1.29 is 14.7 Å². The minimum absolute atomic E-state index is 0.0184. The maximum absolute atomic E-state index is 11.8. The van der Waals surface area contributed by atoms with Crippen LogP contribution in [0.2, 0.25) is 0 Å². The van der Waals surface area contributed by atoms with E-state index in [4.69, 9.17) is 0 Å². The molecule has 5 nitrogen and oxygen atoms in total. The fourth-order valence-corrected chi connectivity index (χ4v) is 1.95. The summed E-state index contributed by atoms with van der Waals surface area (Å²) in [7, 11) is 0. The normalized spacial score (nSPS) is 14.6. The topological polar surface area (TPSA) is 78.4 Å². The molecule has 1 fully saturated rings. The molecule has 1 aromatic carbocycles. The lowest BCUT2D eigenvalue weighted by atomic mass is 9.87. The van der Waals surface area contributed by atoms with E-state index >= 15 is 0 Å². The van der Waals surface area contributed by atoms with Crippen LogP contribution in [-0.4, -0.2) is 23.5 Å². The molecule has 1 aromatic rings. The first-order valence-electron chi connectivity index (χ1n) is 7.18. The molecule has 1 saturated carbocycles. The van der Waals surface area contributed by atoms with Gasteiger partial charge < -0.3 is 15.7 Å². The summed E-state index contributed by atoms with van der Waals surface area (Å²) in [6.07, 6.45) is 1.81. The number of hydrogen-bond acceptors (Lipinski definition) is 3. The van der Waals surface area contributed by atoms with Gasteiger partial charge >= 0.3 is 0 Å².